The van der Waals surface area contributed by atoms with Crippen LogP contribution in [0.4, 0.5) is 14.9 Å². The number of anilines is 1. The number of amides is 2. The van der Waals surface area contributed by atoms with Gasteiger partial charge in [0.15, 0.2) is 0 Å². The van der Waals surface area contributed by atoms with Crippen molar-refractivity contribution in [2.24, 2.45) is 5.92 Å². The second-order valence-corrected chi connectivity index (χ2v) is 16.7. The maximum Gasteiger partial charge on any atom is 0.410 e. The number of ether oxygens (including phenoxy) is 1. The number of carbonyl (C=O) groups excluding carboxylic acids is 2. The maximum absolute atomic E-state index is 15.6. The zero-order chi connectivity index (χ0) is 34.0. The summed E-state index contributed by atoms with van der Waals surface area (Å²) in [6.45, 7) is 11.4. The van der Waals surface area contributed by atoms with E-state index in [2.05, 4.69) is 15.0 Å². The summed E-state index contributed by atoms with van der Waals surface area (Å²) in [5.41, 5.74) is 0.850. The van der Waals surface area contributed by atoms with Crippen molar-refractivity contribution >= 4 is 29.0 Å². The Morgan fingerprint density at radius 3 is 2.30 bits per heavy atom. The summed E-state index contributed by atoms with van der Waals surface area (Å²) in [5, 5.41) is 2.82. The van der Waals surface area contributed by atoms with Crippen LogP contribution in [0.1, 0.15) is 96.3 Å². The third-order valence-corrected chi connectivity index (χ3v) is 10.5. The minimum Gasteiger partial charge on any atom is -0.598 e. The SMILES string of the molecule is CC(C)(C)OC(=O)N1C[C@@H](c2ccccc2)C[C@@H]1C(=O)Nc1cc(C(CCC2CC2)(N[S+]([O-])C(C)(C)C)c2ccncc2)ccc1F. The Labute approximate surface area is 281 Å². The van der Waals surface area contributed by atoms with Gasteiger partial charge in [-0.2, -0.15) is 0 Å². The fraction of sp³-hybridized carbons (Fsp3) is 0.486. The summed E-state index contributed by atoms with van der Waals surface area (Å²) in [4.78, 5) is 33.0. The molecule has 1 aliphatic carbocycles. The Hall–Kier alpha value is -3.47. The van der Waals surface area contributed by atoms with Crippen molar-refractivity contribution in [1.29, 1.82) is 0 Å². The first-order valence-corrected chi connectivity index (χ1v) is 17.6. The zero-order valence-corrected chi connectivity index (χ0v) is 29.0. The highest BCUT2D eigenvalue weighted by Gasteiger charge is 2.45. The van der Waals surface area contributed by atoms with Crippen molar-refractivity contribution in [3.05, 3.63) is 95.6 Å². The molecule has 2 N–H and O–H groups in total. The van der Waals surface area contributed by atoms with E-state index in [9.17, 15) is 14.1 Å². The number of nitrogens with one attached hydrogen (secondary N) is 2. The Bertz CT molecular complexity index is 1540. The molecule has 10 heteroatoms. The van der Waals surface area contributed by atoms with E-state index in [0.717, 1.165) is 30.4 Å². The number of halogens is 1. The molecule has 1 aliphatic heterocycles. The fourth-order valence-electron chi connectivity index (χ4n) is 6.08. The van der Waals surface area contributed by atoms with Gasteiger partial charge in [0.25, 0.3) is 0 Å². The molecule has 2 amide bonds. The van der Waals surface area contributed by atoms with Crippen LogP contribution in [0.25, 0.3) is 0 Å². The lowest BCUT2D eigenvalue weighted by atomic mass is 9.79. The molecule has 0 bridgehead atoms. The number of hydrogen-bond donors (Lipinski definition) is 2. The summed E-state index contributed by atoms with van der Waals surface area (Å²) in [7, 11) is 0. The lowest BCUT2D eigenvalue weighted by Gasteiger charge is -2.39. The van der Waals surface area contributed by atoms with Crippen molar-refractivity contribution in [2.75, 3.05) is 11.9 Å². The van der Waals surface area contributed by atoms with Crippen LogP contribution in [0.3, 0.4) is 0 Å². The first-order valence-electron chi connectivity index (χ1n) is 16.4. The predicted octanol–water partition coefficient (Wildman–Crippen LogP) is 7.44. The smallest absolute Gasteiger partial charge is 0.410 e. The van der Waals surface area contributed by atoms with Gasteiger partial charge in [0.1, 0.15) is 27.7 Å². The van der Waals surface area contributed by atoms with Crippen molar-refractivity contribution in [1.82, 2.24) is 14.6 Å². The van der Waals surface area contributed by atoms with Crippen molar-refractivity contribution in [3.8, 4) is 0 Å². The van der Waals surface area contributed by atoms with E-state index in [4.69, 9.17) is 4.74 Å². The number of benzene rings is 2. The number of rotatable bonds is 10. The number of hydrogen-bond acceptors (Lipinski definition) is 6. The number of likely N-dealkylation sites (tertiary alicyclic amines) is 1. The molecule has 5 rings (SSSR count). The molecular formula is C37H47FN4O4S. The summed E-state index contributed by atoms with van der Waals surface area (Å²) < 4.78 is 37.9. The standard InChI is InChI=1S/C37H47FN4O4S/c1-35(2,3)46-34(44)42-24-27(26-10-8-7-9-11-26)22-32(42)33(43)40-31-23-29(14-15-30(31)38)37(19-16-25-12-13-25,28-17-20-39-21-18-28)41-47(45)36(4,5)6/h7-11,14-15,17-18,20-21,23,25,27,32,41H,12-13,16,19,22,24H2,1-6H3,(H,40,43)/t27-,32+,37?,47?/m0/s1. The first kappa shape index (κ1) is 34.9. The zero-order valence-electron chi connectivity index (χ0n) is 28.2. The molecule has 47 heavy (non-hydrogen) atoms. The van der Waals surface area contributed by atoms with E-state index in [1.807, 2.05) is 63.2 Å². The topological polar surface area (TPSA) is 107 Å². The Kier molecular flexibility index (Phi) is 10.3. The molecular weight excluding hydrogens is 615 g/mol. The summed E-state index contributed by atoms with van der Waals surface area (Å²) in [5.74, 6) is -0.608. The molecule has 1 saturated carbocycles. The second-order valence-electron chi connectivity index (χ2n) is 14.8. The molecule has 0 radical (unpaired) electrons. The Morgan fingerprint density at radius 1 is 1.00 bits per heavy atom. The largest absolute Gasteiger partial charge is 0.598 e. The Balaban J connectivity index is 1.50. The van der Waals surface area contributed by atoms with Gasteiger partial charge in [0.05, 0.1) is 5.69 Å². The molecule has 3 aromatic rings. The monoisotopic (exact) mass is 662 g/mol. The third-order valence-electron chi connectivity index (χ3n) is 8.84. The van der Waals surface area contributed by atoms with Crippen LogP contribution in [-0.4, -0.2) is 49.4 Å². The quantitative estimate of drug-likeness (QED) is 0.219. The fourth-order valence-corrected chi connectivity index (χ4v) is 7.04. The van der Waals surface area contributed by atoms with E-state index >= 15 is 4.39 Å². The number of pyridine rings is 1. The maximum atomic E-state index is 15.6. The first-order chi connectivity index (χ1) is 22.2. The van der Waals surface area contributed by atoms with Gasteiger partial charge in [0, 0.05) is 36.2 Å². The number of carbonyl (C=O) groups is 2. The van der Waals surface area contributed by atoms with E-state index < -0.39 is 51.1 Å². The predicted molar refractivity (Wildman–Crippen MR) is 184 cm³/mol. The van der Waals surface area contributed by atoms with Crippen LogP contribution in [-0.2, 0) is 26.4 Å². The molecule has 1 saturated heterocycles. The van der Waals surface area contributed by atoms with Crippen LogP contribution in [0, 0.1) is 11.7 Å². The van der Waals surface area contributed by atoms with Gasteiger partial charge in [-0.15, -0.1) is 4.72 Å². The molecule has 2 unspecified atom stereocenters. The molecule has 0 spiro atoms. The van der Waals surface area contributed by atoms with E-state index in [-0.39, 0.29) is 11.6 Å². The van der Waals surface area contributed by atoms with Gasteiger partial charge in [-0.3, -0.25) is 14.7 Å². The summed E-state index contributed by atoms with van der Waals surface area (Å²) in [6, 6.07) is 17.3. The molecule has 252 valence electrons. The minimum atomic E-state index is -1.48. The lowest BCUT2D eigenvalue weighted by Crippen LogP contribution is -2.52. The second kappa shape index (κ2) is 13.9. The summed E-state index contributed by atoms with van der Waals surface area (Å²) in [6.07, 6.45) is 6.99. The van der Waals surface area contributed by atoms with Crippen LogP contribution < -0.4 is 10.0 Å². The molecule has 2 aromatic carbocycles. The van der Waals surface area contributed by atoms with Crippen molar-refractivity contribution < 1.29 is 23.3 Å². The van der Waals surface area contributed by atoms with Gasteiger partial charge >= 0.3 is 6.09 Å². The lowest BCUT2D eigenvalue weighted by molar-refractivity contribution is -0.120. The van der Waals surface area contributed by atoms with Gasteiger partial charge in [-0.05, 0) is 108 Å². The van der Waals surface area contributed by atoms with Gasteiger partial charge in [-0.25, -0.2) is 9.18 Å². The molecule has 2 fully saturated rings. The van der Waals surface area contributed by atoms with Gasteiger partial charge < -0.3 is 14.6 Å². The molecule has 2 heterocycles. The normalized spacial score (nSPS) is 20.4. The van der Waals surface area contributed by atoms with E-state index in [1.54, 1.807) is 45.3 Å². The van der Waals surface area contributed by atoms with Crippen molar-refractivity contribution in [3.63, 3.8) is 0 Å². The molecule has 4 atom stereocenters. The molecule has 8 nitrogen and oxygen atoms in total. The average Bonchev–Trinajstić information content (AvgIpc) is 3.74. The van der Waals surface area contributed by atoms with Crippen LogP contribution >= 0.6 is 0 Å². The molecule has 1 aromatic heterocycles. The summed E-state index contributed by atoms with van der Waals surface area (Å²) >= 11 is -1.48. The highest BCUT2D eigenvalue weighted by atomic mass is 32.2. The van der Waals surface area contributed by atoms with Crippen LogP contribution in [0.5, 0.6) is 0 Å². The molecule has 2 aliphatic rings. The van der Waals surface area contributed by atoms with Crippen LogP contribution in [0.2, 0.25) is 0 Å². The van der Waals surface area contributed by atoms with Gasteiger partial charge in [-0.1, -0.05) is 49.2 Å². The third kappa shape index (κ3) is 8.52. The van der Waals surface area contributed by atoms with Gasteiger partial charge in [0.2, 0.25) is 5.91 Å². The Morgan fingerprint density at radius 2 is 1.68 bits per heavy atom. The average molecular weight is 663 g/mol. The van der Waals surface area contributed by atoms with Crippen molar-refractivity contribution in [2.45, 2.75) is 101 Å². The highest BCUT2D eigenvalue weighted by molar-refractivity contribution is 7.90. The van der Waals surface area contributed by atoms with E-state index in [0.29, 0.717) is 30.9 Å². The van der Waals surface area contributed by atoms with Crippen LogP contribution in [0.15, 0.2) is 73.1 Å². The number of nitrogens with zero attached hydrogens (tertiary/aromatic N) is 2. The van der Waals surface area contributed by atoms with E-state index in [1.165, 1.54) is 11.0 Å². The minimum absolute atomic E-state index is 0.00649. The number of aromatic nitrogens is 1. The highest BCUT2D eigenvalue weighted by Crippen LogP contribution is 2.43.